The van der Waals surface area contributed by atoms with Crippen molar-refractivity contribution >= 4 is 33.3 Å². The van der Waals surface area contributed by atoms with Gasteiger partial charge < -0.3 is 4.98 Å². The number of benzene rings is 1. The van der Waals surface area contributed by atoms with Gasteiger partial charge in [-0.05, 0) is 13.0 Å². The lowest BCUT2D eigenvalue weighted by molar-refractivity contribution is 0.102. The van der Waals surface area contributed by atoms with E-state index in [1.807, 2.05) is 19.1 Å². The minimum atomic E-state index is -0.332. The van der Waals surface area contributed by atoms with E-state index in [0.717, 1.165) is 4.88 Å². The van der Waals surface area contributed by atoms with Gasteiger partial charge in [0, 0.05) is 28.0 Å². The molecule has 0 fully saturated rings. The van der Waals surface area contributed by atoms with E-state index in [0.29, 0.717) is 21.6 Å². The van der Waals surface area contributed by atoms with Crippen molar-refractivity contribution in [2.45, 2.75) is 6.92 Å². The third-order valence-corrected chi connectivity index (χ3v) is 3.67. The molecule has 1 amide bonds. The Hall–Kier alpha value is -2.47. The van der Waals surface area contributed by atoms with Gasteiger partial charge in [-0.1, -0.05) is 18.2 Å². The molecular weight excluding hydrogens is 274 g/mol. The van der Waals surface area contributed by atoms with Gasteiger partial charge in [-0.15, -0.1) is 11.3 Å². The fourth-order valence-corrected chi connectivity index (χ4v) is 2.63. The van der Waals surface area contributed by atoms with E-state index in [-0.39, 0.29) is 11.5 Å². The highest BCUT2D eigenvalue weighted by Crippen LogP contribution is 2.19. The van der Waals surface area contributed by atoms with E-state index in [1.165, 1.54) is 17.4 Å². The van der Waals surface area contributed by atoms with Crippen LogP contribution < -0.4 is 10.9 Å². The fraction of sp³-hybridized carbons (Fsp3) is 0.0714. The second-order valence-electron chi connectivity index (χ2n) is 4.32. The van der Waals surface area contributed by atoms with Gasteiger partial charge in [0.05, 0.1) is 5.56 Å². The highest BCUT2D eigenvalue weighted by Gasteiger charge is 2.13. The molecule has 0 saturated carbocycles. The number of carbonyl (C=O) groups is 1. The van der Waals surface area contributed by atoms with Crippen LogP contribution in [-0.2, 0) is 0 Å². The number of thiazole rings is 1. The first-order valence-corrected chi connectivity index (χ1v) is 6.81. The maximum absolute atomic E-state index is 12.3. The van der Waals surface area contributed by atoms with Crippen LogP contribution in [0.15, 0.2) is 41.3 Å². The average molecular weight is 285 g/mol. The van der Waals surface area contributed by atoms with E-state index in [9.17, 15) is 9.59 Å². The summed E-state index contributed by atoms with van der Waals surface area (Å²) in [5.41, 5.74) is 0.682. The predicted molar refractivity (Wildman–Crippen MR) is 79.4 cm³/mol. The summed E-state index contributed by atoms with van der Waals surface area (Å²) in [4.78, 5) is 31.7. The van der Waals surface area contributed by atoms with Crippen LogP contribution in [0.5, 0.6) is 0 Å². The number of amides is 1. The number of pyridine rings is 1. The number of H-pyrrole nitrogens is 1. The summed E-state index contributed by atoms with van der Waals surface area (Å²) in [5, 5.41) is 3.95. The number of aromatic nitrogens is 2. The van der Waals surface area contributed by atoms with Crippen LogP contribution in [0.2, 0.25) is 0 Å². The van der Waals surface area contributed by atoms with Crippen LogP contribution in [-0.4, -0.2) is 15.9 Å². The van der Waals surface area contributed by atoms with Crippen molar-refractivity contribution in [3.8, 4) is 0 Å². The minimum absolute atomic E-state index is 0.302. The normalized spacial score (nSPS) is 10.7. The molecule has 2 N–H and O–H groups in total. The summed E-state index contributed by atoms with van der Waals surface area (Å²) in [6.07, 6.45) is 1.69. The lowest BCUT2D eigenvalue weighted by Gasteiger charge is -2.05. The molecule has 3 aromatic rings. The topological polar surface area (TPSA) is 74.8 Å². The number of hydrogen-bond donors (Lipinski definition) is 2. The standard InChI is InChI=1S/C14H11N3O2S/c1-8-7-15-14(20-8)17-13(19)10-6-12(18)16-11-5-3-2-4-9(10)11/h2-7H,1H3,(H,16,18)(H,15,17,19). The molecule has 0 aliphatic rings. The first kappa shape index (κ1) is 12.6. The Labute approximate surface area is 118 Å². The summed E-state index contributed by atoms with van der Waals surface area (Å²) < 4.78 is 0. The molecule has 6 heteroatoms. The highest BCUT2D eigenvalue weighted by atomic mass is 32.1. The van der Waals surface area contributed by atoms with Crippen molar-refractivity contribution in [2.75, 3.05) is 5.32 Å². The Bertz CT molecular complexity index is 851. The quantitative estimate of drug-likeness (QED) is 0.759. The number of nitrogens with zero attached hydrogens (tertiary/aromatic N) is 1. The number of rotatable bonds is 2. The molecule has 0 atom stereocenters. The number of fused-ring (bicyclic) bond motifs is 1. The van der Waals surface area contributed by atoms with Gasteiger partial charge in [-0.25, -0.2) is 4.98 Å². The SMILES string of the molecule is Cc1cnc(NC(=O)c2cc(=O)[nH]c3ccccc23)s1. The van der Waals surface area contributed by atoms with Gasteiger partial charge >= 0.3 is 0 Å². The average Bonchev–Trinajstić information content (AvgIpc) is 2.83. The smallest absolute Gasteiger partial charge is 0.258 e. The van der Waals surface area contributed by atoms with Crippen LogP contribution in [0.25, 0.3) is 10.9 Å². The second-order valence-corrected chi connectivity index (χ2v) is 5.56. The van der Waals surface area contributed by atoms with Crippen LogP contribution in [0, 0.1) is 6.92 Å². The Morgan fingerprint density at radius 3 is 2.90 bits per heavy atom. The van der Waals surface area contributed by atoms with E-state index in [1.54, 1.807) is 18.3 Å². The van der Waals surface area contributed by atoms with E-state index in [4.69, 9.17) is 0 Å². The van der Waals surface area contributed by atoms with E-state index in [2.05, 4.69) is 15.3 Å². The Balaban J connectivity index is 2.05. The molecule has 0 aliphatic carbocycles. The van der Waals surface area contributed by atoms with Gasteiger partial charge in [0.25, 0.3) is 5.91 Å². The van der Waals surface area contributed by atoms with Crippen molar-refractivity contribution < 1.29 is 4.79 Å². The minimum Gasteiger partial charge on any atom is -0.322 e. The monoisotopic (exact) mass is 285 g/mol. The summed E-state index contributed by atoms with van der Waals surface area (Å²) in [6.45, 7) is 1.91. The molecule has 0 unspecified atom stereocenters. The maximum Gasteiger partial charge on any atom is 0.258 e. The number of para-hydroxylation sites is 1. The van der Waals surface area contributed by atoms with Crippen LogP contribution in [0.4, 0.5) is 5.13 Å². The van der Waals surface area contributed by atoms with Crippen molar-refractivity contribution in [3.63, 3.8) is 0 Å². The first-order chi connectivity index (χ1) is 9.63. The van der Waals surface area contributed by atoms with Gasteiger partial charge in [-0.2, -0.15) is 0 Å². The molecule has 0 spiro atoms. The molecule has 0 radical (unpaired) electrons. The Morgan fingerprint density at radius 1 is 1.35 bits per heavy atom. The molecule has 2 heterocycles. The van der Waals surface area contributed by atoms with Gasteiger partial charge in [0.2, 0.25) is 5.56 Å². The molecule has 5 nitrogen and oxygen atoms in total. The fourth-order valence-electron chi connectivity index (χ4n) is 1.97. The van der Waals surface area contributed by atoms with Crippen molar-refractivity contribution in [1.82, 2.24) is 9.97 Å². The molecule has 100 valence electrons. The summed E-state index contributed by atoms with van der Waals surface area (Å²) in [5.74, 6) is -0.332. The lowest BCUT2D eigenvalue weighted by Crippen LogP contribution is -2.16. The summed E-state index contributed by atoms with van der Waals surface area (Å²) >= 11 is 1.39. The second kappa shape index (κ2) is 4.90. The number of nitrogens with one attached hydrogen (secondary N) is 2. The molecule has 20 heavy (non-hydrogen) atoms. The van der Waals surface area contributed by atoms with Crippen molar-refractivity contribution in [1.29, 1.82) is 0 Å². The van der Waals surface area contributed by atoms with E-state index >= 15 is 0 Å². The van der Waals surface area contributed by atoms with Crippen molar-refractivity contribution in [3.05, 3.63) is 57.3 Å². The maximum atomic E-state index is 12.3. The largest absolute Gasteiger partial charge is 0.322 e. The van der Waals surface area contributed by atoms with Crippen LogP contribution in [0.3, 0.4) is 0 Å². The van der Waals surface area contributed by atoms with Crippen molar-refractivity contribution in [2.24, 2.45) is 0 Å². The number of carbonyl (C=O) groups excluding carboxylic acids is 1. The molecule has 0 aliphatic heterocycles. The third kappa shape index (κ3) is 2.33. The number of aryl methyl sites for hydroxylation is 1. The predicted octanol–water partition coefficient (Wildman–Crippen LogP) is 2.55. The molecule has 0 bridgehead atoms. The molecule has 2 aromatic heterocycles. The first-order valence-electron chi connectivity index (χ1n) is 5.99. The molecule has 0 saturated heterocycles. The number of anilines is 1. The Kier molecular flexibility index (Phi) is 3.08. The zero-order valence-corrected chi connectivity index (χ0v) is 11.5. The van der Waals surface area contributed by atoms with Gasteiger partial charge in [-0.3, -0.25) is 14.9 Å². The Morgan fingerprint density at radius 2 is 2.15 bits per heavy atom. The molecule has 1 aromatic carbocycles. The molecular formula is C14H11N3O2S. The summed E-state index contributed by atoms with van der Waals surface area (Å²) in [6, 6.07) is 8.50. The number of aromatic amines is 1. The zero-order chi connectivity index (χ0) is 14.1. The van der Waals surface area contributed by atoms with Gasteiger partial charge in [0.1, 0.15) is 0 Å². The van der Waals surface area contributed by atoms with E-state index < -0.39 is 0 Å². The number of hydrogen-bond acceptors (Lipinski definition) is 4. The van der Waals surface area contributed by atoms with Crippen LogP contribution >= 0.6 is 11.3 Å². The lowest BCUT2D eigenvalue weighted by atomic mass is 10.1. The summed E-state index contributed by atoms with van der Waals surface area (Å²) in [7, 11) is 0. The van der Waals surface area contributed by atoms with Gasteiger partial charge in [0.15, 0.2) is 5.13 Å². The van der Waals surface area contributed by atoms with Crippen LogP contribution in [0.1, 0.15) is 15.2 Å². The molecule has 3 rings (SSSR count). The highest BCUT2D eigenvalue weighted by molar-refractivity contribution is 7.15. The zero-order valence-electron chi connectivity index (χ0n) is 10.6. The third-order valence-electron chi connectivity index (χ3n) is 2.84.